The van der Waals surface area contributed by atoms with Gasteiger partial charge in [-0.15, -0.1) is 0 Å². The van der Waals surface area contributed by atoms with Crippen molar-refractivity contribution < 1.29 is 0 Å². The van der Waals surface area contributed by atoms with Gasteiger partial charge in [-0.1, -0.05) is 13.3 Å². The topological polar surface area (TPSA) is 55.0 Å². The molecule has 0 aromatic carbocycles. The highest BCUT2D eigenvalue weighted by Crippen LogP contribution is 2.16. The minimum atomic E-state index is 0.794. The molecule has 5 heteroatoms. The normalized spacial score (nSPS) is 10.6. The number of nitrogens with two attached hydrogens (primary N) is 1. The fraction of sp³-hybridized carbons (Fsp3) is 0.800. The molecule has 15 heavy (non-hydrogen) atoms. The summed E-state index contributed by atoms with van der Waals surface area (Å²) in [6.45, 7) is 3.91. The molecule has 0 saturated carbocycles. The van der Waals surface area contributed by atoms with Gasteiger partial charge in [0.2, 0.25) is 5.13 Å². The summed E-state index contributed by atoms with van der Waals surface area (Å²) in [7, 11) is 2.07. The highest BCUT2D eigenvalue weighted by atomic mass is 32.1. The summed E-state index contributed by atoms with van der Waals surface area (Å²) in [5.41, 5.74) is 5.44. The van der Waals surface area contributed by atoms with Crippen molar-refractivity contribution in [2.24, 2.45) is 5.73 Å². The predicted molar refractivity (Wildman–Crippen MR) is 65.5 cm³/mol. The van der Waals surface area contributed by atoms with Crippen LogP contribution in [0.4, 0.5) is 5.13 Å². The minimum Gasteiger partial charge on any atom is -0.350 e. The van der Waals surface area contributed by atoms with E-state index in [0.717, 1.165) is 36.9 Å². The van der Waals surface area contributed by atoms with Gasteiger partial charge >= 0.3 is 0 Å². The molecule has 86 valence electrons. The molecule has 2 N–H and O–H groups in total. The van der Waals surface area contributed by atoms with Gasteiger partial charge in [0.1, 0.15) is 5.82 Å². The zero-order valence-electron chi connectivity index (χ0n) is 9.57. The minimum absolute atomic E-state index is 0.794. The number of hydrogen-bond acceptors (Lipinski definition) is 5. The van der Waals surface area contributed by atoms with E-state index in [4.69, 9.17) is 5.73 Å². The second kappa shape index (κ2) is 6.74. The van der Waals surface area contributed by atoms with Crippen LogP contribution in [-0.4, -0.2) is 29.5 Å². The van der Waals surface area contributed by atoms with Crippen molar-refractivity contribution in [2.45, 2.75) is 32.6 Å². The zero-order chi connectivity index (χ0) is 11.1. The third-order valence-corrected chi connectivity index (χ3v) is 3.17. The molecule has 0 saturated heterocycles. The highest BCUT2D eigenvalue weighted by molar-refractivity contribution is 7.09. The first-order valence-electron chi connectivity index (χ1n) is 5.51. The predicted octanol–water partition coefficient (Wildman–Crippen LogP) is 1.67. The van der Waals surface area contributed by atoms with Gasteiger partial charge in [-0.2, -0.15) is 4.37 Å². The maximum atomic E-state index is 5.44. The van der Waals surface area contributed by atoms with E-state index in [1.165, 1.54) is 24.4 Å². The van der Waals surface area contributed by atoms with E-state index in [1.807, 2.05) is 0 Å². The smallest absolute Gasteiger partial charge is 0.204 e. The Morgan fingerprint density at radius 3 is 2.73 bits per heavy atom. The van der Waals surface area contributed by atoms with Gasteiger partial charge in [0, 0.05) is 31.5 Å². The molecule has 1 rings (SSSR count). The first-order chi connectivity index (χ1) is 7.27. The monoisotopic (exact) mass is 228 g/mol. The molecule has 0 fully saturated rings. The van der Waals surface area contributed by atoms with Crippen LogP contribution in [0.3, 0.4) is 0 Å². The molecular formula is C10H20N4S. The average Bonchev–Trinajstić information content (AvgIpc) is 2.72. The molecule has 0 atom stereocenters. The van der Waals surface area contributed by atoms with Crippen LogP contribution in [0.1, 0.15) is 32.0 Å². The van der Waals surface area contributed by atoms with Crippen LogP contribution in [0.2, 0.25) is 0 Å². The summed E-state index contributed by atoms with van der Waals surface area (Å²) in [6, 6.07) is 0. The number of unbranched alkanes of at least 4 members (excludes halogenated alkanes) is 2. The Morgan fingerprint density at radius 2 is 2.13 bits per heavy atom. The van der Waals surface area contributed by atoms with Gasteiger partial charge in [-0.3, -0.25) is 0 Å². The van der Waals surface area contributed by atoms with E-state index in [-0.39, 0.29) is 0 Å². The van der Waals surface area contributed by atoms with Gasteiger partial charge in [0.15, 0.2) is 0 Å². The summed E-state index contributed by atoms with van der Waals surface area (Å²) in [5, 5.41) is 1.03. The highest BCUT2D eigenvalue weighted by Gasteiger charge is 2.06. The fourth-order valence-electron chi connectivity index (χ4n) is 1.31. The van der Waals surface area contributed by atoms with Crippen LogP contribution >= 0.6 is 11.5 Å². The molecule has 4 nitrogen and oxygen atoms in total. The Morgan fingerprint density at radius 1 is 1.33 bits per heavy atom. The Balaban J connectivity index is 2.29. The van der Waals surface area contributed by atoms with Crippen molar-refractivity contribution in [1.82, 2.24) is 9.36 Å². The van der Waals surface area contributed by atoms with Gasteiger partial charge in [0.05, 0.1) is 0 Å². The SMILES string of the molecule is CCc1nsc(N(C)CCCCCN)n1. The molecule has 0 aliphatic rings. The van der Waals surface area contributed by atoms with E-state index < -0.39 is 0 Å². The second-order valence-corrected chi connectivity index (χ2v) is 4.35. The Kier molecular flexibility index (Phi) is 5.57. The standard InChI is InChI=1S/C10H20N4S/c1-3-9-12-10(15-13-9)14(2)8-6-4-5-7-11/h3-8,11H2,1-2H3. The van der Waals surface area contributed by atoms with E-state index in [0.29, 0.717) is 0 Å². The number of hydrogen-bond donors (Lipinski definition) is 1. The summed E-state index contributed by atoms with van der Waals surface area (Å²) < 4.78 is 4.27. The van der Waals surface area contributed by atoms with E-state index >= 15 is 0 Å². The molecule has 0 radical (unpaired) electrons. The Bertz CT molecular complexity index is 274. The molecule has 0 spiro atoms. The molecule has 1 heterocycles. The average molecular weight is 228 g/mol. The van der Waals surface area contributed by atoms with Gasteiger partial charge < -0.3 is 10.6 Å². The lowest BCUT2D eigenvalue weighted by molar-refractivity contribution is 0.678. The Labute approximate surface area is 95.7 Å². The molecule has 1 aromatic rings. The van der Waals surface area contributed by atoms with Crippen LogP contribution in [0, 0.1) is 0 Å². The lowest BCUT2D eigenvalue weighted by Gasteiger charge is -2.14. The summed E-state index contributed by atoms with van der Waals surface area (Å²) in [6.07, 6.45) is 4.40. The summed E-state index contributed by atoms with van der Waals surface area (Å²) in [4.78, 5) is 6.61. The van der Waals surface area contributed by atoms with Crippen molar-refractivity contribution in [3.63, 3.8) is 0 Å². The summed E-state index contributed by atoms with van der Waals surface area (Å²) in [5.74, 6) is 0.948. The third-order valence-electron chi connectivity index (χ3n) is 2.30. The van der Waals surface area contributed by atoms with Gasteiger partial charge in [-0.25, -0.2) is 4.98 Å². The second-order valence-electron chi connectivity index (χ2n) is 3.62. The van der Waals surface area contributed by atoms with Crippen LogP contribution in [0.15, 0.2) is 0 Å². The quantitative estimate of drug-likeness (QED) is 0.721. The lowest BCUT2D eigenvalue weighted by atomic mass is 10.2. The maximum Gasteiger partial charge on any atom is 0.204 e. The molecule has 0 unspecified atom stereocenters. The molecule has 0 aliphatic carbocycles. The number of anilines is 1. The van der Waals surface area contributed by atoms with Crippen LogP contribution < -0.4 is 10.6 Å². The van der Waals surface area contributed by atoms with Gasteiger partial charge in [0.25, 0.3) is 0 Å². The van der Waals surface area contributed by atoms with Crippen molar-refractivity contribution in [1.29, 1.82) is 0 Å². The van der Waals surface area contributed by atoms with E-state index in [2.05, 4.69) is 28.2 Å². The first-order valence-corrected chi connectivity index (χ1v) is 6.29. The van der Waals surface area contributed by atoms with Crippen molar-refractivity contribution in [2.75, 3.05) is 25.0 Å². The zero-order valence-corrected chi connectivity index (χ0v) is 10.4. The van der Waals surface area contributed by atoms with Crippen molar-refractivity contribution in [3.05, 3.63) is 5.82 Å². The van der Waals surface area contributed by atoms with Crippen LogP contribution in [-0.2, 0) is 6.42 Å². The molecule has 1 aromatic heterocycles. The Hall–Kier alpha value is -0.680. The molecular weight excluding hydrogens is 208 g/mol. The molecule has 0 aliphatic heterocycles. The third kappa shape index (κ3) is 4.13. The van der Waals surface area contributed by atoms with Gasteiger partial charge in [-0.05, 0) is 19.4 Å². The van der Waals surface area contributed by atoms with Crippen molar-refractivity contribution in [3.8, 4) is 0 Å². The largest absolute Gasteiger partial charge is 0.350 e. The fourth-order valence-corrected chi connectivity index (χ4v) is 2.04. The molecule has 0 amide bonds. The maximum absolute atomic E-state index is 5.44. The lowest BCUT2D eigenvalue weighted by Crippen LogP contribution is -2.18. The number of aromatic nitrogens is 2. The van der Waals surface area contributed by atoms with Crippen LogP contribution in [0.5, 0.6) is 0 Å². The molecule has 0 bridgehead atoms. The van der Waals surface area contributed by atoms with Crippen LogP contribution in [0.25, 0.3) is 0 Å². The summed E-state index contributed by atoms with van der Waals surface area (Å²) >= 11 is 1.49. The first kappa shape index (κ1) is 12.4. The van der Waals surface area contributed by atoms with E-state index in [9.17, 15) is 0 Å². The van der Waals surface area contributed by atoms with E-state index in [1.54, 1.807) is 0 Å². The number of nitrogens with zero attached hydrogens (tertiary/aromatic N) is 3. The number of rotatable bonds is 7. The number of aryl methyl sites for hydroxylation is 1. The van der Waals surface area contributed by atoms with Crippen molar-refractivity contribution >= 4 is 16.7 Å².